The smallest absolute Gasteiger partial charge is 0.548 e. The van der Waals surface area contributed by atoms with E-state index in [1.54, 1.807) is 0 Å². The first-order chi connectivity index (χ1) is 3.68. The van der Waals surface area contributed by atoms with Crippen LogP contribution in [0.3, 0.4) is 0 Å². The molecule has 0 spiro atoms. The van der Waals surface area contributed by atoms with Crippen LogP contribution in [0.1, 0.15) is 6.42 Å². The minimum Gasteiger partial charge on any atom is -0.548 e. The Bertz CT molecular complexity index is 87.9. The molecule has 0 fully saturated rings. The molecule has 0 bridgehead atoms. The topological polar surface area (TPSA) is 86.4 Å². The van der Waals surface area contributed by atoms with Crippen LogP contribution in [0.15, 0.2) is 0 Å². The number of nitrogens with two attached hydrogens (primary N) is 1. The maximum Gasteiger partial charge on any atom is 1.00 e. The molecule has 0 heterocycles. The predicted octanol–water partition coefficient (Wildman–Crippen LogP) is -5.55. The number of carbonyl (C=O) groups excluding carboxylic acids is 1. The van der Waals surface area contributed by atoms with Crippen LogP contribution in [-0.4, -0.2) is 23.7 Å². The number of hydrogen-bond donors (Lipinski definition) is 2. The van der Waals surface area contributed by atoms with Crippen molar-refractivity contribution in [1.82, 2.24) is 0 Å². The maximum absolute atomic E-state index is 9.74. The fourth-order valence-electron chi connectivity index (χ4n) is 0.257. The molecule has 0 rings (SSSR count). The molecule has 3 N–H and O–H groups in total. The molecule has 4 nitrogen and oxygen atoms in total. The number of aliphatic hydroxyl groups excluding tert-OH is 1. The number of hydrogen-bond acceptors (Lipinski definition) is 4. The van der Waals surface area contributed by atoms with Gasteiger partial charge in [-0.05, 0) is 6.42 Å². The standard InChI is InChI=1S/C4H9NO3.Na/c5-3(1-2-6)4(7)8;/h3,6H,1-2,5H2,(H,7,8);/q;+1/p-1. The molecule has 1 unspecified atom stereocenters. The van der Waals surface area contributed by atoms with E-state index in [9.17, 15) is 9.90 Å². The van der Waals surface area contributed by atoms with E-state index < -0.39 is 12.0 Å². The Balaban J connectivity index is 0. The van der Waals surface area contributed by atoms with Gasteiger partial charge in [-0.25, -0.2) is 0 Å². The van der Waals surface area contributed by atoms with Crippen LogP contribution < -0.4 is 40.4 Å². The molecule has 0 radical (unpaired) electrons. The van der Waals surface area contributed by atoms with Gasteiger partial charge in [-0.15, -0.1) is 0 Å². The van der Waals surface area contributed by atoms with Crippen LogP contribution in [0.25, 0.3) is 0 Å². The Hall–Kier alpha value is 0.390. The third-order valence-corrected chi connectivity index (χ3v) is 0.743. The number of aliphatic carboxylic acids is 1. The van der Waals surface area contributed by atoms with E-state index in [-0.39, 0.29) is 42.6 Å². The zero-order chi connectivity index (χ0) is 6.57. The maximum atomic E-state index is 9.74. The summed E-state index contributed by atoms with van der Waals surface area (Å²) in [5.74, 6) is -1.32. The van der Waals surface area contributed by atoms with Gasteiger partial charge in [0.2, 0.25) is 0 Å². The first-order valence-corrected chi connectivity index (χ1v) is 2.25. The Kier molecular flexibility index (Phi) is 8.75. The van der Waals surface area contributed by atoms with Crippen molar-refractivity contribution in [3.05, 3.63) is 0 Å². The first kappa shape index (κ1) is 12.1. The first-order valence-electron chi connectivity index (χ1n) is 2.25. The van der Waals surface area contributed by atoms with Gasteiger partial charge in [0.1, 0.15) is 0 Å². The van der Waals surface area contributed by atoms with E-state index in [0.29, 0.717) is 0 Å². The van der Waals surface area contributed by atoms with Gasteiger partial charge in [-0.3, -0.25) is 0 Å². The van der Waals surface area contributed by atoms with Crippen molar-refractivity contribution < 1.29 is 44.6 Å². The Labute approximate surface area is 75.3 Å². The molecule has 5 heteroatoms. The van der Waals surface area contributed by atoms with E-state index >= 15 is 0 Å². The van der Waals surface area contributed by atoms with Crippen LogP contribution in [0, 0.1) is 0 Å². The second kappa shape index (κ2) is 6.51. The summed E-state index contributed by atoms with van der Waals surface area (Å²) in [6.45, 7) is -0.213. The van der Waals surface area contributed by atoms with Crippen molar-refractivity contribution in [1.29, 1.82) is 0 Å². The predicted molar refractivity (Wildman–Crippen MR) is 24.7 cm³/mol. The summed E-state index contributed by atoms with van der Waals surface area (Å²) in [5, 5.41) is 17.9. The number of rotatable bonds is 3. The van der Waals surface area contributed by atoms with Gasteiger partial charge in [-0.2, -0.15) is 0 Å². The third kappa shape index (κ3) is 6.27. The van der Waals surface area contributed by atoms with Gasteiger partial charge in [0.05, 0.1) is 5.97 Å². The second-order valence-corrected chi connectivity index (χ2v) is 1.44. The third-order valence-electron chi connectivity index (χ3n) is 0.743. The zero-order valence-electron chi connectivity index (χ0n) is 5.33. The molecule has 0 aliphatic rings. The monoisotopic (exact) mass is 141 g/mol. The summed E-state index contributed by atoms with van der Waals surface area (Å²) >= 11 is 0. The molecule has 0 saturated carbocycles. The van der Waals surface area contributed by atoms with Gasteiger partial charge in [0, 0.05) is 12.6 Å². The minimum atomic E-state index is -1.32. The summed E-state index contributed by atoms with van der Waals surface area (Å²) in [6, 6.07) is -1.03. The fraction of sp³-hybridized carbons (Fsp3) is 0.750. The van der Waals surface area contributed by atoms with Crippen LogP contribution in [0.5, 0.6) is 0 Å². The number of carbonyl (C=O) groups is 1. The molecule has 1 atom stereocenters. The van der Waals surface area contributed by atoms with Gasteiger partial charge in [0.25, 0.3) is 0 Å². The molecule has 0 amide bonds. The van der Waals surface area contributed by atoms with Crippen molar-refractivity contribution in [2.24, 2.45) is 5.73 Å². The SMILES string of the molecule is NC(CCO)C(=O)[O-].[Na+]. The molecule has 0 aromatic heterocycles. The van der Waals surface area contributed by atoms with Gasteiger partial charge < -0.3 is 20.7 Å². The van der Waals surface area contributed by atoms with E-state index in [1.807, 2.05) is 0 Å². The van der Waals surface area contributed by atoms with Crippen molar-refractivity contribution in [3.8, 4) is 0 Å². The van der Waals surface area contributed by atoms with Crippen LogP contribution in [-0.2, 0) is 4.79 Å². The molecule has 0 saturated heterocycles. The second-order valence-electron chi connectivity index (χ2n) is 1.44. The summed E-state index contributed by atoms with van der Waals surface area (Å²) in [4.78, 5) is 9.74. The molecular formula is C4H8NNaO3. The van der Waals surface area contributed by atoms with Gasteiger partial charge in [-0.1, -0.05) is 0 Å². The normalized spacial score (nSPS) is 11.8. The molecular weight excluding hydrogens is 133 g/mol. The average Bonchev–Trinajstić information content (AvgIpc) is 1.67. The molecule has 0 aromatic rings. The van der Waals surface area contributed by atoms with E-state index in [0.717, 1.165) is 0 Å². The zero-order valence-corrected chi connectivity index (χ0v) is 7.33. The quantitative estimate of drug-likeness (QED) is 0.384. The van der Waals surface area contributed by atoms with E-state index in [4.69, 9.17) is 10.8 Å². The average molecular weight is 141 g/mol. The Morgan fingerprint density at radius 3 is 2.33 bits per heavy atom. The van der Waals surface area contributed by atoms with E-state index in [1.165, 1.54) is 0 Å². The van der Waals surface area contributed by atoms with Gasteiger partial charge in [0.15, 0.2) is 0 Å². The minimum absolute atomic E-state index is 0. The molecule has 0 aliphatic heterocycles. The van der Waals surface area contributed by atoms with Crippen LogP contribution in [0.4, 0.5) is 0 Å². The molecule has 0 aromatic carbocycles. The number of carboxylic acids is 1. The largest absolute Gasteiger partial charge is 1.00 e. The Morgan fingerprint density at radius 2 is 2.22 bits per heavy atom. The fourth-order valence-corrected chi connectivity index (χ4v) is 0.257. The van der Waals surface area contributed by atoms with Crippen LogP contribution in [0.2, 0.25) is 0 Å². The Morgan fingerprint density at radius 1 is 1.78 bits per heavy atom. The summed E-state index contributed by atoms with van der Waals surface area (Å²) in [5.41, 5.74) is 4.90. The summed E-state index contributed by atoms with van der Waals surface area (Å²) in [6.07, 6.45) is 0.0579. The van der Waals surface area contributed by atoms with Crippen molar-refractivity contribution in [2.75, 3.05) is 6.61 Å². The summed E-state index contributed by atoms with van der Waals surface area (Å²) in [7, 11) is 0. The summed E-state index contributed by atoms with van der Waals surface area (Å²) < 4.78 is 0. The van der Waals surface area contributed by atoms with Crippen molar-refractivity contribution in [2.45, 2.75) is 12.5 Å². The molecule has 48 valence electrons. The molecule has 9 heavy (non-hydrogen) atoms. The number of carboxylic acid groups (broad SMARTS) is 1. The van der Waals surface area contributed by atoms with Crippen molar-refractivity contribution in [3.63, 3.8) is 0 Å². The van der Waals surface area contributed by atoms with E-state index in [2.05, 4.69) is 0 Å². The van der Waals surface area contributed by atoms with Crippen molar-refractivity contribution >= 4 is 5.97 Å². The molecule has 0 aliphatic carbocycles. The van der Waals surface area contributed by atoms with Crippen LogP contribution >= 0.6 is 0 Å². The number of aliphatic hydroxyl groups is 1. The van der Waals surface area contributed by atoms with Gasteiger partial charge >= 0.3 is 29.6 Å².